The van der Waals surface area contributed by atoms with E-state index in [2.05, 4.69) is 15.3 Å². The van der Waals surface area contributed by atoms with E-state index in [1.165, 1.54) is 0 Å². The summed E-state index contributed by atoms with van der Waals surface area (Å²) < 4.78 is 11.2. The average molecular weight is 402 g/mol. The highest BCUT2D eigenvalue weighted by Gasteiger charge is 2.60. The molecule has 7 heteroatoms. The fraction of sp³-hybridized carbons (Fsp3) is 0.261. The molecule has 2 unspecified atom stereocenters. The number of benzene rings is 2. The molecule has 0 saturated carbocycles. The number of rotatable bonds is 5. The Morgan fingerprint density at radius 3 is 2.43 bits per heavy atom. The van der Waals surface area contributed by atoms with Crippen LogP contribution in [0.15, 0.2) is 72.9 Å². The Kier molecular flexibility index (Phi) is 4.59. The van der Waals surface area contributed by atoms with Crippen molar-refractivity contribution in [2.24, 2.45) is 0 Å². The summed E-state index contributed by atoms with van der Waals surface area (Å²) in [7, 11) is 0. The molecule has 2 saturated heterocycles. The van der Waals surface area contributed by atoms with Crippen molar-refractivity contribution in [3.63, 3.8) is 0 Å². The minimum Gasteiger partial charge on any atom is -0.435 e. The molecule has 2 atom stereocenters. The Hall–Kier alpha value is -3.45. The molecule has 3 aromatic rings. The number of carbonyl (C=O) groups is 1. The van der Waals surface area contributed by atoms with E-state index in [-0.39, 0.29) is 12.1 Å². The topological polar surface area (TPSA) is 76.6 Å². The molecule has 0 aliphatic carbocycles. The van der Waals surface area contributed by atoms with Gasteiger partial charge in [0.25, 0.3) is 0 Å². The second-order valence-corrected chi connectivity index (χ2v) is 7.62. The Labute approximate surface area is 174 Å². The first kappa shape index (κ1) is 18.6. The van der Waals surface area contributed by atoms with Crippen molar-refractivity contribution in [3.05, 3.63) is 84.1 Å². The van der Waals surface area contributed by atoms with Crippen LogP contribution in [0.5, 0.6) is 0 Å². The number of hydrogen-bond acceptors (Lipinski definition) is 6. The van der Waals surface area contributed by atoms with E-state index in [0.29, 0.717) is 25.0 Å². The van der Waals surface area contributed by atoms with Gasteiger partial charge < -0.3 is 14.8 Å². The normalized spacial score (nSPS) is 20.5. The van der Waals surface area contributed by atoms with E-state index >= 15 is 0 Å². The van der Waals surface area contributed by atoms with Crippen molar-refractivity contribution >= 4 is 17.9 Å². The highest BCUT2D eigenvalue weighted by Crippen LogP contribution is 2.47. The number of anilines is 2. The smallest absolute Gasteiger partial charge is 0.417 e. The fourth-order valence-corrected chi connectivity index (χ4v) is 4.03. The van der Waals surface area contributed by atoms with Gasteiger partial charge in [-0.3, -0.25) is 0 Å². The molecule has 1 aromatic heterocycles. The minimum atomic E-state index is -0.686. The van der Waals surface area contributed by atoms with Gasteiger partial charge in [0.1, 0.15) is 11.9 Å². The van der Waals surface area contributed by atoms with E-state index < -0.39 is 11.7 Å². The van der Waals surface area contributed by atoms with Crippen molar-refractivity contribution in [3.8, 4) is 0 Å². The molecule has 2 aliphatic rings. The summed E-state index contributed by atoms with van der Waals surface area (Å²) in [5, 5.41) is 3.31. The number of carbonyl (C=O) groups excluding carboxylic acids is 1. The molecule has 0 radical (unpaired) electrons. The fourth-order valence-electron chi connectivity index (χ4n) is 4.03. The Balaban J connectivity index is 1.47. The Bertz CT molecular complexity index is 1040. The van der Waals surface area contributed by atoms with Gasteiger partial charge >= 0.3 is 6.09 Å². The largest absolute Gasteiger partial charge is 0.435 e. The number of amides is 1. The summed E-state index contributed by atoms with van der Waals surface area (Å²) in [6.45, 7) is 2.79. The lowest BCUT2D eigenvalue weighted by Crippen LogP contribution is -2.54. The molecule has 0 bridgehead atoms. The van der Waals surface area contributed by atoms with Gasteiger partial charge in [-0.2, -0.15) is 4.98 Å². The van der Waals surface area contributed by atoms with E-state index in [9.17, 15) is 4.79 Å². The summed E-state index contributed by atoms with van der Waals surface area (Å²) in [6.07, 6.45) is 1.23. The van der Waals surface area contributed by atoms with E-state index in [1.807, 2.05) is 67.6 Å². The van der Waals surface area contributed by atoms with Crippen LogP contribution in [-0.2, 0) is 9.47 Å². The zero-order chi connectivity index (χ0) is 20.6. The van der Waals surface area contributed by atoms with Crippen LogP contribution in [0.4, 0.5) is 16.6 Å². The van der Waals surface area contributed by atoms with Crippen molar-refractivity contribution in [1.82, 2.24) is 9.97 Å². The van der Waals surface area contributed by atoms with Crippen LogP contribution in [0.1, 0.15) is 30.1 Å². The average Bonchev–Trinajstić information content (AvgIpc) is 3.09. The maximum atomic E-state index is 12.9. The third-order valence-electron chi connectivity index (χ3n) is 5.58. The third-order valence-corrected chi connectivity index (χ3v) is 5.58. The van der Waals surface area contributed by atoms with Crippen LogP contribution in [0.25, 0.3) is 0 Å². The summed E-state index contributed by atoms with van der Waals surface area (Å²) in [5.41, 5.74) is 1.42. The van der Waals surface area contributed by atoms with E-state index in [0.717, 1.165) is 11.1 Å². The minimum absolute atomic E-state index is 0.0169. The van der Waals surface area contributed by atoms with Gasteiger partial charge in [-0.1, -0.05) is 60.7 Å². The molecule has 7 nitrogen and oxygen atoms in total. The first-order chi connectivity index (χ1) is 14.7. The first-order valence-electron chi connectivity index (χ1n) is 9.96. The molecule has 3 heterocycles. The van der Waals surface area contributed by atoms with E-state index in [4.69, 9.17) is 9.47 Å². The molecular formula is C23H22N4O3. The molecule has 5 rings (SSSR count). The molecule has 30 heavy (non-hydrogen) atoms. The molecule has 2 fully saturated rings. The maximum absolute atomic E-state index is 12.9. The standard InChI is InChI=1S/C23H22N4O3/c1-16(17-8-4-2-5-9-17)25-21-24-13-12-19(26-21)27-20(18-10-6-3-7-11-18)23(14-29-15-23)30-22(27)28/h2-13,16,20H,14-15H2,1H3,(H,24,25,26). The van der Waals surface area contributed by atoms with Gasteiger partial charge in [0, 0.05) is 6.20 Å². The quantitative estimate of drug-likeness (QED) is 0.692. The van der Waals surface area contributed by atoms with Crippen molar-refractivity contribution < 1.29 is 14.3 Å². The van der Waals surface area contributed by atoms with Gasteiger partial charge in [-0.15, -0.1) is 0 Å². The third kappa shape index (κ3) is 3.17. The lowest BCUT2D eigenvalue weighted by Gasteiger charge is -2.40. The van der Waals surface area contributed by atoms with Gasteiger partial charge in [-0.05, 0) is 24.1 Å². The number of nitrogens with zero attached hydrogens (tertiary/aromatic N) is 3. The molecule has 1 spiro atoms. The predicted molar refractivity (Wildman–Crippen MR) is 112 cm³/mol. The zero-order valence-corrected chi connectivity index (χ0v) is 16.6. The SMILES string of the molecule is CC(Nc1nccc(N2C(=O)OC3(COC3)C2c2ccccc2)n1)c1ccccc1. The lowest BCUT2D eigenvalue weighted by atomic mass is 9.86. The molecule has 152 valence electrons. The molecule has 2 aromatic carbocycles. The van der Waals surface area contributed by atoms with Crippen LogP contribution >= 0.6 is 0 Å². The lowest BCUT2D eigenvalue weighted by molar-refractivity contribution is -0.170. The van der Waals surface area contributed by atoms with E-state index in [1.54, 1.807) is 17.2 Å². The van der Waals surface area contributed by atoms with Crippen LogP contribution < -0.4 is 10.2 Å². The second kappa shape index (κ2) is 7.42. The highest BCUT2D eigenvalue weighted by molar-refractivity contribution is 5.91. The second-order valence-electron chi connectivity index (χ2n) is 7.62. The van der Waals surface area contributed by atoms with Crippen molar-refractivity contribution in [1.29, 1.82) is 0 Å². The van der Waals surface area contributed by atoms with Crippen LogP contribution in [0.2, 0.25) is 0 Å². The number of nitrogens with one attached hydrogen (secondary N) is 1. The molecular weight excluding hydrogens is 380 g/mol. The van der Waals surface area contributed by atoms with Crippen molar-refractivity contribution in [2.75, 3.05) is 23.4 Å². The van der Waals surface area contributed by atoms with Gasteiger partial charge in [0.15, 0.2) is 5.60 Å². The number of aromatic nitrogens is 2. The number of ether oxygens (including phenoxy) is 2. The monoisotopic (exact) mass is 402 g/mol. The molecule has 1 amide bonds. The van der Waals surface area contributed by atoms with Gasteiger partial charge in [0.2, 0.25) is 5.95 Å². The highest BCUT2D eigenvalue weighted by atomic mass is 16.6. The summed E-state index contributed by atoms with van der Waals surface area (Å²) in [5.74, 6) is 0.949. The summed E-state index contributed by atoms with van der Waals surface area (Å²) in [6, 6.07) is 21.4. The molecule has 2 aliphatic heterocycles. The zero-order valence-electron chi connectivity index (χ0n) is 16.6. The molecule has 1 N–H and O–H groups in total. The Morgan fingerprint density at radius 2 is 1.77 bits per heavy atom. The summed E-state index contributed by atoms with van der Waals surface area (Å²) in [4.78, 5) is 23.5. The first-order valence-corrected chi connectivity index (χ1v) is 9.96. The number of hydrogen-bond donors (Lipinski definition) is 1. The van der Waals surface area contributed by atoms with Crippen LogP contribution in [0.3, 0.4) is 0 Å². The Morgan fingerprint density at radius 1 is 1.07 bits per heavy atom. The van der Waals surface area contributed by atoms with Gasteiger partial charge in [0.05, 0.1) is 19.3 Å². The predicted octanol–water partition coefficient (Wildman–Crippen LogP) is 4.12. The van der Waals surface area contributed by atoms with Crippen molar-refractivity contribution in [2.45, 2.75) is 24.6 Å². The van der Waals surface area contributed by atoms with Crippen LogP contribution in [0, 0.1) is 0 Å². The summed E-state index contributed by atoms with van der Waals surface area (Å²) >= 11 is 0. The van der Waals surface area contributed by atoms with Gasteiger partial charge in [-0.25, -0.2) is 14.7 Å². The van der Waals surface area contributed by atoms with Crippen LogP contribution in [-0.4, -0.2) is 34.9 Å². The maximum Gasteiger partial charge on any atom is 0.417 e.